The predicted octanol–water partition coefficient (Wildman–Crippen LogP) is 4.17. The van der Waals surface area contributed by atoms with Gasteiger partial charge in [-0.25, -0.2) is 9.97 Å². The second kappa shape index (κ2) is 8.06. The van der Waals surface area contributed by atoms with Crippen molar-refractivity contribution >= 4 is 5.91 Å². The summed E-state index contributed by atoms with van der Waals surface area (Å²) in [6.07, 6.45) is -4.88. The summed E-state index contributed by atoms with van der Waals surface area (Å²) in [6.45, 7) is -2.97. The van der Waals surface area contributed by atoms with E-state index in [1.165, 1.54) is 24.3 Å². The largest absolute Gasteiger partial charge is 0.491 e. The number of carbonyl (C=O) groups excluding carboxylic acids is 1. The van der Waals surface area contributed by atoms with Crippen molar-refractivity contribution < 1.29 is 34.0 Å². The number of carbonyl (C=O) groups is 1. The van der Waals surface area contributed by atoms with Gasteiger partial charge in [0.1, 0.15) is 23.9 Å². The third-order valence-corrected chi connectivity index (χ3v) is 3.91. The third-order valence-electron chi connectivity index (χ3n) is 3.91. The normalized spacial score (nSPS) is 18.2. The van der Waals surface area contributed by atoms with Crippen LogP contribution in [-0.4, -0.2) is 40.0 Å². The minimum absolute atomic E-state index is 0.141. The Morgan fingerprint density at radius 1 is 1.23 bits per heavy atom. The van der Waals surface area contributed by atoms with Crippen molar-refractivity contribution in [3.63, 3.8) is 0 Å². The van der Waals surface area contributed by atoms with Crippen LogP contribution >= 0.6 is 0 Å². The van der Waals surface area contributed by atoms with Crippen LogP contribution in [0.1, 0.15) is 34.1 Å². The van der Waals surface area contributed by atoms with Gasteiger partial charge in [0.2, 0.25) is 0 Å². The first-order chi connectivity index (χ1) is 17.6. The van der Waals surface area contributed by atoms with Gasteiger partial charge in [0.05, 0.1) is 29.6 Å². The topological polar surface area (TPSA) is 64.6 Å². The van der Waals surface area contributed by atoms with Gasteiger partial charge in [0.15, 0.2) is 0 Å². The Hall–Kier alpha value is -3.55. The fraction of sp³-hybridized carbons (Fsp3) is 0.227. The molecule has 0 aliphatic carbocycles. The van der Waals surface area contributed by atoms with E-state index < -0.39 is 78.7 Å². The Balaban J connectivity index is 1.82. The molecule has 1 amide bonds. The zero-order valence-corrected chi connectivity index (χ0v) is 15.5. The van der Waals surface area contributed by atoms with Crippen LogP contribution in [0.15, 0.2) is 60.8 Å². The number of ether oxygens (including phenoxy) is 2. The van der Waals surface area contributed by atoms with Crippen molar-refractivity contribution in [2.75, 3.05) is 13.2 Å². The average Bonchev–Trinajstić information content (AvgIpc) is 3.00. The first kappa shape index (κ1) is 12.2. The molecular weight excluding hydrogens is 392 g/mol. The van der Waals surface area contributed by atoms with Gasteiger partial charge in [-0.1, -0.05) is 18.2 Å². The highest BCUT2D eigenvalue weighted by Crippen LogP contribution is 2.31. The minimum Gasteiger partial charge on any atom is -0.491 e. The molecule has 1 aliphatic rings. The van der Waals surface area contributed by atoms with E-state index in [1.54, 1.807) is 0 Å². The minimum atomic E-state index is -3.44. The molecule has 2 aromatic carbocycles. The molecule has 0 radical (unpaired) electrons. The monoisotopic (exact) mass is 419 g/mol. The number of amides is 1. The number of benzene rings is 2. The van der Waals surface area contributed by atoms with Gasteiger partial charge < -0.3 is 14.4 Å². The zero-order valence-electron chi connectivity index (χ0n) is 23.5. The lowest BCUT2D eigenvalue weighted by molar-refractivity contribution is -0.158. The van der Waals surface area contributed by atoms with Gasteiger partial charge >= 0.3 is 6.11 Å². The molecule has 0 unspecified atom stereocenters. The van der Waals surface area contributed by atoms with E-state index in [2.05, 4.69) is 14.7 Å². The van der Waals surface area contributed by atoms with Crippen molar-refractivity contribution in [1.82, 2.24) is 14.9 Å². The lowest BCUT2D eigenvalue weighted by atomic mass is 10.0. The van der Waals surface area contributed by atoms with Gasteiger partial charge in [-0.05, 0) is 41.4 Å². The Labute approximate surface area is 183 Å². The zero-order chi connectivity index (χ0) is 28.2. The molecule has 8 heteroatoms. The smallest absolute Gasteiger partial charge is 0.394 e. The number of alkyl halides is 2. The second-order valence-electron chi connectivity index (χ2n) is 6.20. The van der Waals surface area contributed by atoms with Gasteiger partial charge in [-0.2, -0.15) is 8.78 Å². The fourth-order valence-corrected chi connectivity index (χ4v) is 2.66. The average molecular weight is 419 g/mol. The predicted molar refractivity (Wildman–Crippen MR) is 105 cm³/mol. The molecule has 0 N–H and O–H groups in total. The van der Waals surface area contributed by atoms with E-state index >= 15 is 0 Å². The highest BCUT2D eigenvalue weighted by Gasteiger charge is 2.25. The first-order valence-electron chi connectivity index (χ1n) is 12.7. The molecule has 0 bridgehead atoms. The number of hydrogen-bond donors (Lipinski definition) is 0. The summed E-state index contributed by atoms with van der Waals surface area (Å²) >= 11 is 0. The number of nitrogens with zero attached hydrogens (tertiary/aromatic N) is 3. The van der Waals surface area contributed by atoms with E-state index in [4.69, 9.17) is 15.7 Å². The highest BCUT2D eigenvalue weighted by molar-refractivity contribution is 5.98. The molecule has 0 saturated carbocycles. The molecule has 6 nitrogen and oxygen atoms in total. The van der Waals surface area contributed by atoms with Gasteiger partial charge in [-0.15, -0.1) is 0 Å². The van der Waals surface area contributed by atoms with E-state index in [1.807, 2.05) is 0 Å². The molecule has 0 atom stereocenters. The van der Waals surface area contributed by atoms with Crippen molar-refractivity contribution in [1.29, 1.82) is 0 Å². The molecule has 1 aromatic heterocycles. The van der Waals surface area contributed by atoms with Crippen LogP contribution in [0.25, 0.3) is 11.1 Å². The lowest BCUT2D eigenvalue weighted by Gasteiger charge is -2.19. The van der Waals surface area contributed by atoms with E-state index in [0.29, 0.717) is 11.8 Å². The molecule has 0 fully saturated rings. The molecule has 1 aliphatic heterocycles. The number of hydrogen-bond acceptors (Lipinski definition) is 5. The van der Waals surface area contributed by atoms with Crippen LogP contribution in [0.3, 0.4) is 0 Å². The number of fused-ring (bicyclic) bond motifs is 1. The molecular formula is C22H19F2N3O3. The second-order valence-corrected chi connectivity index (χ2v) is 6.20. The van der Waals surface area contributed by atoms with E-state index in [9.17, 15) is 13.6 Å². The Morgan fingerprint density at radius 2 is 1.97 bits per heavy atom. The van der Waals surface area contributed by atoms with Gasteiger partial charge in [-0.3, -0.25) is 4.79 Å². The number of rotatable bonds is 5. The number of halogens is 2. The summed E-state index contributed by atoms with van der Waals surface area (Å²) < 4.78 is 102. The standard InChI is InChI=1S/C22H19F2N3O3/c1-22(23,24)30-17-6-3-15(4-7-17)16-5-8-19-18(13-16)21(28)27(11-12-29-19)14-20-25-9-2-10-26-20/h2-10,13H,11-12,14H2,1H3/i2D,5D,8D,9D,10D,13D,14D2. The maximum Gasteiger partial charge on any atom is 0.394 e. The molecule has 30 heavy (non-hydrogen) atoms. The molecule has 3 aromatic rings. The summed E-state index contributed by atoms with van der Waals surface area (Å²) in [5, 5.41) is 0. The summed E-state index contributed by atoms with van der Waals surface area (Å²) in [5.74, 6) is -2.41. The van der Waals surface area contributed by atoms with Crippen LogP contribution < -0.4 is 9.47 Å². The van der Waals surface area contributed by atoms with Crippen molar-refractivity contribution in [2.45, 2.75) is 19.5 Å². The lowest BCUT2D eigenvalue weighted by Crippen LogP contribution is -2.32. The van der Waals surface area contributed by atoms with Crippen LogP contribution in [0.2, 0.25) is 0 Å². The summed E-state index contributed by atoms with van der Waals surface area (Å²) in [5.41, 5.74) is -0.571. The maximum atomic E-state index is 13.6. The Bertz CT molecular complexity index is 1410. The van der Waals surface area contributed by atoms with Crippen molar-refractivity contribution in [3.05, 3.63) is 72.2 Å². The fourth-order valence-electron chi connectivity index (χ4n) is 2.66. The molecule has 4 rings (SSSR count). The Kier molecular flexibility index (Phi) is 3.28. The summed E-state index contributed by atoms with van der Waals surface area (Å²) in [7, 11) is 0. The molecule has 0 spiro atoms. The van der Waals surface area contributed by atoms with E-state index in [-0.39, 0.29) is 23.5 Å². The third kappa shape index (κ3) is 4.53. The summed E-state index contributed by atoms with van der Waals surface area (Å²) in [4.78, 5) is 21.5. The van der Waals surface area contributed by atoms with Crippen LogP contribution in [0.5, 0.6) is 11.5 Å². The van der Waals surface area contributed by atoms with E-state index in [0.717, 1.165) is 0 Å². The molecule has 0 saturated heterocycles. The Morgan fingerprint density at radius 3 is 2.67 bits per heavy atom. The van der Waals surface area contributed by atoms with Crippen LogP contribution in [0, 0.1) is 0 Å². The molecule has 154 valence electrons. The molecule has 2 heterocycles. The van der Waals surface area contributed by atoms with Crippen LogP contribution in [-0.2, 0) is 6.50 Å². The van der Waals surface area contributed by atoms with Crippen LogP contribution in [0.4, 0.5) is 8.78 Å². The quantitative estimate of drug-likeness (QED) is 0.621. The SMILES string of the molecule is [2H]c1nc(C([2H])([2H])N2CCOc3c([2H])c([2H])c(-c4ccc(OC(C)(F)F)cc4)c([2H])c3C2=O)nc([2H])c1[2H]. The van der Waals surface area contributed by atoms with Crippen molar-refractivity contribution in [2.24, 2.45) is 0 Å². The first-order valence-corrected chi connectivity index (χ1v) is 8.71. The maximum absolute atomic E-state index is 13.6. The van der Waals surface area contributed by atoms with Gasteiger partial charge in [0, 0.05) is 19.3 Å². The van der Waals surface area contributed by atoms with Crippen molar-refractivity contribution in [3.8, 4) is 22.6 Å². The summed E-state index contributed by atoms with van der Waals surface area (Å²) in [6, 6.07) is 2.70. The van der Waals surface area contributed by atoms with Gasteiger partial charge in [0.25, 0.3) is 5.91 Å². The highest BCUT2D eigenvalue weighted by atomic mass is 19.3. The number of aromatic nitrogens is 2.